The second-order valence-electron chi connectivity index (χ2n) is 5.19. The lowest BCUT2D eigenvalue weighted by Gasteiger charge is -2.12. The fourth-order valence-corrected chi connectivity index (χ4v) is 3.17. The summed E-state index contributed by atoms with van der Waals surface area (Å²) in [6.07, 6.45) is 1.58. The van der Waals surface area contributed by atoms with Crippen molar-refractivity contribution < 1.29 is 14.3 Å². The first-order valence-corrected chi connectivity index (χ1v) is 8.95. The highest BCUT2D eigenvalue weighted by Gasteiger charge is 2.25. The van der Waals surface area contributed by atoms with Gasteiger partial charge >= 0.3 is 0 Å². The van der Waals surface area contributed by atoms with E-state index in [-0.39, 0.29) is 5.91 Å². The van der Waals surface area contributed by atoms with Gasteiger partial charge in [-0.05, 0) is 29.3 Å². The van der Waals surface area contributed by atoms with Gasteiger partial charge in [0.05, 0.1) is 19.1 Å². The van der Waals surface area contributed by atoms with Crippen LogP contribution in [0.5, 0.6) is 11.5 Å². The minimum atomic E-state index is -0.110. The van der Waals surface area contributed by atoms with E-state index in [9.17, 15) is 4.79 Å². The van der Waals surface area contributed by atoms with E-state index in [4.69, 9.17) is 21.7 Å². The highest BCUT2D eigenvalue weighted by Crippen LogP contribution is 2.28. The predicted molar refractivity (Wildman–Crippen MR) is 103 cm³/mol. The molecule has 0 radical (unpaired) electrons. The van der Waals surface area contributed by atoms with Crippen molar-refractivity contribution in [2.45, 2.75) is 6.61 Å². The number of carbonyl (C=O) groups excluding carboxylic acids is 1. The van der Waals surface area contributed by atoms with Gasteiger partial charge in [0.25, 0.3) is 5.91 Å². The first-order valence-electron chi connectivity index (χ1n) is 7.56. The van der Waals surface area contributed by atoms with E-state index in [0.717, 1.165) is 11.1 Å². The highest BCUT2D eigenvalue weighted by atomic mass is 32.2. The van der Waals surface area contributed by atoms with Crippen LogP contribution in [0.25, 0.3) is 0 Å². The third-order valence-electron chi connectivity index (χ3n) is 3.48. The van der Waals surface area contributed by atoms with Crippen LogP contribution < -0.4 is 9.47 Å². The number of rotatable bonds is 6. The average molecular weight is 372 g/mol. The van der Waals surface area contributed by atoms with Crippen LogP contribution in [0.1, 0.15) is 11.1 Å². The standard InChI is InChI=1S/C18H16N2O3S2/c1-22-16-9-14(10-19-20-17(21)12-25-18(20)24)7-8-15(16)23-11-13-5-3-2-4-6-13/h2-10H,11-12H2,1H3. The maximum atomic E-state index is 11.7. The number of hydrogen-bond acceptors (Lipinski definition) is 6. The predicted octanol–water partition coefficient (Wildman–Crippen LogP) is 3.47. The Balaban J connectivity index is 1.71. The number of benzene rings is 2. The number of amides is 1. The summed E-state index contributed by atoms with van der Waals surface area (Å²) in [6, 6.07) is 15.4. The van der Waals surface area contributed by atoms with Gasteiger partial charge in [0.2, 0.25) is 0 Å². The summed E-state index contributed by atoms with van der Waals surface area (Å²) >= 11 is 6.41. The molecule has 1 aliphatic rings. The molecule has 0 aliphatic carbocycles. The Hall–Kier alpha value is -2.38. The molecule has 1 aliphatic heterocycles. The first kappa shape index (κ1) is 17.4. The number of methoxy groups -OCH3 is 1. The number of carbonyl (C=O) groups is 1. The number of thioether (sulfide) groups is 1. The second-order valence-corrected chi connectivity index (χ2v) is 6.80. The zero-order valence-electron chi connectivity index (χ0n) is 13.5. The third kappa shape index (κ3) is 4.37. The topological polar surface area (TPSA) is 51.1 Å². The molecule has 0 N–H and O–H groups in total. The molecule has 0 unspecified atom stereocenters. The molecule has 7 heteroatoms. The van der Waals surface area contributed by atoms with Crippen molar-refractivity contribution in [3.05, 3.63) is 59.7 Å². The van der Waals surface area contributed by atoms with E-state index in [0.29, 0.717) is 28.2 Å². The Labute approximate surface area is 155 Å². The van der Waals surface area contributed by atoms with Gasteiger partial charge in [0, 0.05) is 0 Å². The van der Waals surface area contributed by atoms with Crippen LogP contribution in [0.2, 0.25) is 0 Å². The molecule has 1 fully saturated rings. The maximum absolute atomic E-state index is 11.7. The van der Waals surface area contributed by atoms with Gasteiger partial charge in [0.15, 0.2) is 15.8 Å². The van der Waals surface area contributed by atoms with E-state index < -0.39 is 0 Å². The molecule has 25 heavy (non-hydrogen) atoms. The first-order chi connectivity index (χ1) is 12.2. The van der Waals surface area contributed by atoms with Crippen LogP contribution in [-0.4, -0.2) is 34.3 Å². The second kappa shape index (κ2) is 8.13. The minimum absolute atomic E-state index is 0.110. The molecule has 2 aromatic carbocycles. The van der Waals surface area contributed by atoms with E-state index in [1.54, 1.807) is 19.4 Å². The molecule has 1 heterocycles. The molecule has 0 atom stereocenters. The van der Waals surface area contributed by atoms with Gasteiger partial charge in [-0.3, -0.25) is 4.79 Å². The van der Waals surface area contributed by atoms with Crippen LogP contribution >= 0.6 is 24.0 Å². The Morgan fingerprint density at radius 2 is 2.04 bits per heavy atom. The van der Waals surface area contributed by atoms with Crippen molar-refractivity contribution in [3.8, 4) is 11.5 Å². The summed E-state index contributed by atoms with van der Waals surface area (Å²) in [4.78, 5) is 11.7. The van der Waals surface area contributed by atoms with Crippen molar-refractivity contribution >= 4 is 40.4 Å². The molecule has 0 spiro atoms. The Morgan fingerprint density at radius 1 is 1.24 bits per heavy atom. The summed E-state index contributed by atoms with van der Waals surface area (Å²) in [5.41, 5.74) is 1.87. The van der Waals surface area contributed by atoms with Crippen LogP contribution in [0.15, 0.2) is 53.6 Å². The van der Waals surface area contributed by atoms with Crippen molar-refractivity contribution in [3.63, 3.8) is 0 Å². The largest absolute Gasteiger partial charge is 0.493 e. The number of thiocarbonyl (C=S) groups is 1. The van der Waals surface area contributed by atoms with Crippen LogP contribution in [0.3, 0.4) is 0 Å². The van der Waals surface area contributed by atoms with Crippen molar-refractivity contribution in [2.24, 2.45) is 5.10 Å². The lowest BCUT2D eigenvalue weighted by Crippen LogP contribution is -2.22. The van der Waals surface area contributed by atoms with Crippen LogP contribution in [0, 0.1) is 0 Å². The summed E-state index contributed by atoms with van der Waals surface area (Å²) in [6.45, 7) is 0.457. The van der Waals surface area contributed by atoms with Crippen molar-refractivity contribution in [2.75, 3.05) is 12.9 Å². The fraction of sp³-hybridized carbons (Fsp3) is 0.167. The normalized spacial score (nSPS) is 14.4. The van der Waals surface area contributed by atoms with E-state index in [1.165, 1.54) is 16.8 Å². The zero-order valence-corrected chi connectivity index (χ0v) is 15.2. The monoisotopic (exact) mass is 372 g/mol. The van der Waals surface area contributed by atoms with Gasteiger partial charge in [-0.2, -0.15) is 10.1 Å². The Kier molecular flexibility index (Phi) is 5.67. The van der Waals surface area contributed by atoms with Gasteiger partial charge in [-0.15, -0.1) is 0 Å². The van der Waals surface area contributed by atoms with Crippen LogP contribution in [0.4, 0.5) is 0 Å². The molecule has 5 nitrogen and oxygen atoms in total. The van der Waals surface area contributed by atoms with Gasteiger partial charge in [-0.1, -0.05) is 54.3 Å². The number of hydrazone groups is 1. The number of hydrogen-bond donors (Lipinski definition) is 0. The number of nitrogens with zero attached hydrogens (tertiary/aromatic N) is 2. The average Bonchev–Trinajstić information content (AvgIpc) is 2.97. The lowest BCUT2D eigenvalue weighted by molar-refractivity contribution is -0.123. The van der Waals surface area contributed by atoms with Crippen molar-refractivity contribution in [1.29, 1.82) is 0 Å². The van der Waals surface area contributed by atoms with E-state index in [1.807, 2.05) is 42.5 Å². The smallest absolute Gasteiger partial charge is 0.259 e. The molecule has 128 valence electrons. The van der Waals surface area contributed by atoms with Gasteiger partial charge < -0.3 is 9.47 Å². The van der Waals surface area contributed by atoms with Gasteiger partial charge in [-0.25, -0.2) is 0 Å². The minimum Gasteiger partial charge on any atom is -0.493 e. The Morgan fingerprint density at radius 3 is 2.72 bits per heavy atom. The molecular formula is C18H16N2O3S2. The summed E-state index contributed by atoms with van der Waals surface area (Å²) in [5, 5.41) is 5.40. The summed E-state index contributed by atoms with van der Waals surface area (Å²) in [5.74, 6) is 1.48. The van der Waals surface area contributed by atoms with Gasteiger partial charge in [0.1, 0.15) is 6.61 Å². The highest BCUT2D eigenvalue weighted by molar-refractivity contribution is 8.23. The summed E-state index contributed by atoms with van der Waals surface area (Å²) < 4.78 is 11.7. The lowest BCUT2D eigenvalue weighted by atomic mass is 10.2. The molecule has 1 amide bonds. The molecule has 0 saturated carbocycles. The molecule has 2 aromatic rings. The quantitative estimate of drug-likeness (QED) is 0.574. The maximum Gasteiger partial charge on any atom is 0.259 e. The van der Waals surface area contributed by atoms with Crippen LogP contribution in [-0.2, 0) is 11.4 Å². The summed E-state index contributed by atoms with van der Waals surface area (Å²) in [7, 11) is 1.58. The zero-order chi connectivity index (χ0) is 17.6. The SMILES string of the molecule is COc1cc(C=NN2C(=O)CSC2=S)ccc1OCc1ccccc1. The molecule has 3 rings (SSSR count). The van der Waals surface area contributed by atoms with Crippen molar-refractivity contribution in [1.82, 2.24) is 5.01 Å². The Bertz CT molecular complexity index is 793. The van der Waals surface area contributed by atoms with E-state index >= 15 is 0 Å². The van der Waals surface area contributed by atoms with E-state index in [2.05, 4.69) is 5.10 Å². The molecule has 1 saturated heterocycles. The number of ether oxygens (including phenoxy) is 2. The molecular weight excluding hydrogens is 356 g/mol. The third-order valence-corrected chi connectivity index (χ3v) is 4.81. The molecule has 0 bridgehead atoms. The molecule has 0 aromatic heterocycles. The fourth-order valence-electron chi connectivity index (χ4n) is 2.20.